The molecule has 142 valence electrons. The standard InChI is InChI=1S/C17H34N4O2.HI/c1-4-23-13-9-8-12-18-17(19-14-16(22)21(2)3)20-15-10-6-5-7-11-15;/h15H,4-14H2,1-3H3,(H2,18,19,20);1H. The van der Waals surface area contributed by atoms with E-state index in [9.17, 15) is 4.79 Å². The van der Waals surface area contributed by atoms with Crippen LogP contribution in [-0.4, -0.2) is 63.2 Å². The SMILES string of the molecule is CCOCCCCNC(=NCC(=O)N(C)C)NC1CCCCC1.I. The van der Waals surface area contributed by atoms with E-state index in [2.05, 4.69) is 15.6 Å². The molecule has 0 unspecified atom stereocenters. The van der Waals surface area contributed by atoms with Crippen molar-refractivity contribution in [2.24, 2.45) is 4.99 Å². The van der Waals surface area contributed by atoms with Crippen LogP contribution >= 0.6 is 24.0 Å². The van der Waals surface area contributed by atoms with Crippen LogP contribution < -0.4 is 10.6 Å². The molecule has 0 radical (unpaired) electrons. The smallest absolute Gasteiger partial charge is 0.243 e. The number of ether oxygens (including phenoxy) is 1. The quantitative estimate of drug-likeness (QED) is 0.243. The van der Waals surface area contributed by atoms with Crippen molar-refractivity contribution in [2.75, 3.05) is 40.4 Å². The molecule has 7 heteroatoms. The molecule has 1 rings (SSSR count). The van der Waals surface area contributed by atoms with Gasteiger partial charge in [-0.25, -0.2) is 4.99 Å². The lowest BCUT2D eigenvalue weighted by molar-refractivity contribution is -0.127. The fraction of sp³-hybridized carbons (Fsp3) is 0.882. The maximum absolute atomic E-state index is 11.7. The van der Waals surface area contributed by atoms with Crippen LogP contribution in [0.5, 0.6) is 0 Å². The molecule has 1 aliphatic rings. The molecule has 0 aliphatic heterocycles. The molecule has 6 nitrogen and oxygen atoms in total. The highest BCUT2D eigenvalue weighted by atomic mass is 127. The predicted molar refractivity (Wildman–Crippen MR) is 110 cm³/mol. The van der Waals surface area contributed by atoms with Crippen LogP contribution in [-0.2, 0) is 9.53 Å². The molecule has 0 aromatic rings. The molecule has 1 saturated carbocycles. The molecule has 2 N–H and O–H groups in total. The van der Waals surface area contributed by atoms with E-state index >= 15 is 0 Å². The summed E-state index contributed by atoms with van der Waals surface area (Å²) in [6.45, 7) is 4.63. The van der Waals surface area contributed by atoms with Crippen molar-refractivity contribution in [3.05, 3.63) is 0 Å². The number of nitrogens with zero attached hydrogens (tertiary/aromatic N) is 2. The Labute approximate surface area is 164 Å². The highest BCUT2D eigenvalue weighted by Gasteiger charge is 2.15. The number of halogens is 1. The van der Waals surface area contributed by atoms with Crippen LogP contribution in [0.15, 0.2) is 4.99 Å². The van der Waals surface area contributed by atoms with Crippen molar-refractivity contribution in [3.8, 4) is 0 Å². The minimum atomic E-state index is 0. The Morgan fingerprint density at radius 2 is 1.92 bits per heavy atom. The number of hydrogen-bond donors (Lipinski definition) is 2. The van der Waals surface area contributed by atoms with E-state index in [1.807, 2.05) is 6.92 Å². The maximum atomic E-state index is 11.7. The molecule has 0 aromatic heterocycles. The summed E-state index contributed by atoms with van der Waals surface area (Å²) in [6.07, 6.45) is 8.32. The van der Waals surface area contributed by atoms with Crippen molar-refractivity contribution in [1.82, 2.24) is 15.5 Å². The van der Waals surface area contributed by atoms with Gasteiger partial charge in [-0.1, -0.05) is 19.3 Å². The number of nitrogens with one attached hydrogen (secondary N) is 2. The average Bonchev–Trinajstić information content (AvgIpc) is 2.56. The third kappa shape index (κ3) is 11.1. The first-order chi connectivity index (χ1) is 11.1. The Morgan fingerprint density at radius 3 is 2.54 bits per heavy atom. The van der Waals surface area contributed by atoms with Gasteiger partial charge in [0.15, 0.2) is 5.96 Å². The molecule has 0 spiro atoms. The van der Waals surface area contributed by atoms with Gasteiger partial charge in [-0.15, -0.1) is 24.0 Å². The number of guanidine groups is 1. The number of amides is 1. The molecular formula is C17H35IN4O2. The Morgan fingerprint density at radius 1 is 1.21 bits per heavy atom. The molecule has 0 bridgehead atoms. The Hall–Kier alpha value is -0.570. The number of rotatable bonds is 9. The average molecular weight is 454 g/mol. The van der Waals surface area contributed by atoms with Crippen molar-refractivity contribution < 1.29 is 9.53 Å². The molecule has 1 fully saturated rings. The number of hydrogen-bond acceptors (Lipinski definition) is 3. The minimum absolute atomic E-state index is 0. The van der Waals surface area contributed by atoms with Gasteiger partial charge in [0.2, 0.25) is 5.91 Å². The van der Waals surface area contributed by atoms with Crippen LogP contribution in [0.25, 0.3) is 0 Å². The van der Waals surface area contributed by atoms with Crippen LogP contribution in [0.1, 0.15) is 51.9 Å². The summed E-state index contributed by atoms with van der Waals surface area (Å²) in [5.41, 5.74) is 0. The predicted octanol–water partition coefficient (Wildman–Crippen LogP) is 2.38. The second-order valence-corrected chi connectivity index (χ2v) is 6.26. The molecule has 0 aromatic carbocycles. The van der Waals surface area contributed by atoms with Crippen LogP contribution in [0, 0.1) is 0 Å². The summed E-state index contributed by atoms with van der Waals surface area (Å²) in [5.74, 6) is 0.787. The zero-order valence-electron chi connectivity index (χ0n) is 15.5. The van der Waals surface area contributed by atoms with Gasteiger partial charge in [0.1, 0.15) is 6.54 Å². The molecular weight excluding hydrogens is 419 g/mol. The summed E-state index contributed by atoms with van der Waals surface area (Å²) in [4.78, 5) is 17.8. The number of unbranched alkanes of at least 4 members (excludes halogenated alkanes) is 1. The van der Waals surface area contributed by atoms with Gasteiger partial charge in [0, 0.05) is 39.9 Å². The number of aliphatic imine (C=N–C) groups is 1. The van der Waals surface area contributed by atoms with Crippen LogP contribution in [0.4, 0.5) is 0 Å². The lowest BCUT2D eigenvalue weighted by Crippen LogP contribution is -2.45. The van der Waals surface area contributed by atoms with E-state index in [0.29, 0.717) is 6.04 Å². The Kier molecular flexibility index (Phi) is 14.4. The topological polar surface area (TPSA) is 66.0 Å². The summed E-state index contributed by atoms with van der Waals surface area (Å²) in [7, 11) is 3.51. The Balaban J connectivity index is 0.00000529. The van der Waals surface area contributed by atoms with Crippen molar-refractivity contribution in [3.63, 3.8) is 0 Å². The van der Waals surface area contributed by atoms with Gasteiger partial charge < -0.3 is 20.3 Å². The second-order valence-electron chi connectivity index (χ2n) is 6.26. The first-order valence-electron chi connectivity index (χ1n) is 8.96. The Bertz CT molecular complexity index is 358. The monoisotopic (exact) mass is 454 g/mol. The van der Waals surface area contributed by atoms with E-state index in [1.165, 1.54) is 32.1 Å². The lowest BCUT2D eigenvalue weighted by atomic mass is 9.96. The van der Waals surface area contributed by atoms with Crippen molar-refractivity contribution >= 4 is 35.8 Å². The third-order valence-electron chi connectivity index (χ3n) is 4.03. The van der Waals surface area contributed by atoms with Crippen LogP contribution in [0.3, 0.4) is 0 Å². The van der Waals surface area contributed by atoms with Gasteiger partial charge in [-0.3, -0.25) is 4.79 Å². The van der Waals surface area contributed by atoms with E-state index in [1.54, 1.807) is 19.0 Å². The largest absolute Gasteiger partial charge is 0.382 e. The molecule has 1 amide bonds. The van der Waals surface area contributed by atoms with Gasteiger partial charge >= 0.3 is 0 Å². The van der Waals surface area contributed by atoms with E-state index < -0.39 is 0 Å². The maximum Gasteiger partial charge on any atom is 0.243 e. The van der Waals surface area contributed by atoms with Crippen LogP contribution in [0.2, 0.25) is 0 Å². The van der Waals surface area contributed by atoms with E-state index in [0.717, 1.165) is 38.6 Å². The fourth-order valence-electron chi connectivity index (χ4n) is 2.56. The molecule has 0 saturated heterocycles. The first kappa shape index (κ1) is 23.4. The van der Waals surface area contributed by atoms with Crippen molar-refractivity contribution in [1.29, 1.82) is 0 Å². The van der Waals surface area contributed by atoms with E-state index in [4.69, 9.17) is 4.74 Å². The summed E-state index contributed by atoms with van der Waals surface area (Å²) in [6, 6.07) is 0.480. The highest BCUT2D eigenvalue weighted by Crippen LogP contribution is 2.17. The molecule has 0 heterocycles. The zero-order chi connectivity index (χ0) is 16.9. The van der Waals surface area contributed by atoms with E-state index in [-0.39, 0.29) is 36.4 Å². The molecule has 1 aliphatic carbocycles. The van der Waals surface area contributed by atoms with Gasteiger partial charge in [-0.05, 0) is 32.6 Å². The number of carbonyl (C=O) groups excluding carboxylic acids is 1. The zero-order valence-corrected chi connectivity index (χ0v) is 17.8. The number of carbonyl (C=O) groups is 1. The fourth-order valence-corrected chi connectivity index (χ4v) is 2.56. The van der Waals surface area contributed by atoms with Gasteiger partial charge in [0.05, 0.1) is 0 Å². The first-order valence-corrected chi connectivity index (χ1v) is 8.96. The minimum Gasteiger partial charge on any atom is -0.382 e. The number of likely N-dealkylation sites (N-methyl/N-ethyl adjacent to an activating group) is 1. The highest BCUT2D eigenvalue weighted by molar-refractivity contribution is 14.0. The van der Waals surface area contributed by atoms with Crippen molar-refractivity contribution in [2.45, 2.75) is 57.9 Å². The summed E-state index contributed by atoms with van der Waals surface area (Å²) < 4.78 is 5.34. The summed E-state index contributed by atoms with van der Waals surface area (Å²) in [5, 5.41) is 6.84. The molecule has 0 atom stereocenters. The third-order valence-corrected chi connectivity index (χ3v) is 4.03. The van der Waals surface area contributed by atoms with Gasteiger partial charge in [0.25, 0.3) is 0 Å². The lowest BCUT2D eigenvalue weighted by Gasteiger charge is -2.25. The normalized spacial score (nSPS) is 15.5. The van der Waals surface area contributed by atoms with Gasteiger partial charge in [-0.2, -0.15) is 0 Å². The summed E-state index contributed by atoms with van der Waals surface area (Å²) >= 11 is 0. The second kappa shape index (κ2) is 14.7. The molecule has 24 heavy (non-hydrogen) atoms.